The topological polar surface area (TPSA) is 26.3 Å². The second-order valence-electron chi connectivity index (χ2n) is 7.87. The maximum Gasteiger partial charge on any atom is 0.201 e. The van der Waals surface area contributed by atoms with Crippen molar-refractivity contribution in [3.8, 4) is 5.75 Å². The van der Waals surface area contributed by atoms with Crippen molar-refractivity contribution < 1.29 is 18.3 Å². The van der Waals surface area contributed by atoms with E-state index in [1.54, 1.807) is 0 Å². The van der Waals surface area contributed by atoms with E-state index in [0.29, 0.717) is 12.5 Å². The van der Waals surface area contributed by atoms with Crippen LogP contribution in [0.2, 0.25) is 0 Å². The highest BCUT2D eigenvalue weighted by atomic mass is 19.2. The minimum absolute atomic E-state index is 0.0974. The zero-order valence-electron chi connectivity index (χ0n) is 16.9. The Kier molecular flexibility index (Phi) is 9.23. The van der Waals surface area contributed by atoms with Gasteiger partial charge in [0.1, 0.15) is 0 Å². The monoisotopic (exact) mass is 380 g/mol. The first-order valence-corrected chi connectivity index (χ1v) is 10.7. The van der Waals surface area contributed by atoms with Crippen molar-refractivity contribution in [2.24, 2.45) is 11.8 Å². The summed E-state index contributed by atoms with van der Waals surface area (Å²) < 4.78 is 34.1. The summed E-state index contributed by atoms with van der Waals surface area (Å²) in [6.45, 7) is 4.63. The quantitative estimate of drug-likeness (QED) is 0.302. The van der Waals surface area contributed by atoms with E-state index in [0.717, 1.165) is 44.9 Å². The van der Waals surface area contributed by atoms with Gasteiger partial charge in [-0.05, 0) is 50.2 Å². The number of ketones is 1. The van der Waals surface area contributed by atoms with Crippen molar-refractivity contribution in [3.63, 3.8) is 0 Å². The van der Waals surface area contributed by atoms with Gasteiger partial charge in [0.05, 0.1) is 12.2 Å². The molecule has 1 aromatic rings. The fourth-order valence-electron chi connectivity index (χ4n) is 3.98. The van der Waals surface area contributed by atoms with Gasteiger partial charge >= 0.3 is 0 Å². The highest BCUT2D eigenvalue weighted by Gasteiger charge is 2.29. The third kappa shape index (κ3) is 6.29. The molecule has 0 saturated heterocycles. The lowest BCUT2D eigenvalue weighted by molar-refractivity contribution is 0.0863. The molecule has 0 atom stereocenters. The number of unbranched alkanes of at least 4 members (excludes halogenated alkanes) is 4. The molecule has 0 amide bonds. The molecule has 0 N–H and O–H groups in total. The molecule has 0 aromatic heterocycles. The van der Waals surface area contributed by atoms with Gasteiger partial charge in [-0.1, -0.05) is 52.4 Å². The molecule has 0 heterocycles. The second kappa shape index (κ2) is 11.4. The Morgan fingerprint density at radius 2 is 1.63 bits per heavy atom. The van der Waals surface area contributed by atoms with Crippen molar-refractivity contribution >= 4 is 5.78 Å². The molecule has 27 heavy (non-hydrogen) atoms. The maximum absolute atomic E-state index is 14.4. The fourth-order valence-corrected chi connectivity index (χ4v) is 3.98. The molecule has 1 aliphatic carbocycles. The number of Topliss-reactive ketones (excluding diaryl/α,β-unsaturated/α-hetero) is 1. The zero-order chi connectivity index (χ0) is 19.6. The number of ether oxygens (including phenoxy) is 1. The number of carbonyl (C=O) groups is 1. The molecule has 0 aliphatic heterocycles. The zero-order valence-corrected chi connectivity index (χ0v) is 16.9. The lowest BCUT2D eigenvalue weighted by atomic mass is 9.77. The first-order valence-electron chi connectivity index (χ1n) is 10.7. The van der Waals surface area contributed by atoms with Crippen LogP contribution in [0.15, 0.2) is 12.1 Å². The van der Waals surface area contributed by atoms with E-state index in [1.165, 1.54) is 37.8 Å². The number of hydrogen-bond acceptors (Lipinski definition) is 2. The van der Waals surface area contributed by atoms with Crippen LogP contribution in [0.25, 0.3) is 0 Å². The third-order valence-electron chi connectivity index (χ3n) is 5.75. The molecule has 2 rings (SSSR count). The standard InChI is InChI=1S/C23H34F2O2/c1-3-5-7-9-17-10-12-18(13-11-17)23(26)19-14-15-20(22(25)21(19)24)27-16-8-6-4-2/h14-15,17-18H,3-13,16H2,1-2H3. The van der Waals surface area contributed by atoms with Crippen molar-refractivity contribution in [2.75, 3.05) is 6.61 Å². The molecule has 2 nitrogen and oxygen atoms in total. The van der Waals surface area contributed by atoms with Gasteiger partial charge in [0, 0.05) is 5.92 Å². The summed E-state index contributed by atoms with van der Waals surface area (Å²) in [6.07, 6.45) is 11.4. The van der Waals surface area contributed by atoms with Crippen molar-refractivity contribution in [3.05, 3.63) is 29.3 Å². The highest BCUT2D eigenvalue weighted by Crippen LogP contribution is 2.35. The molecule has 0 spiro atoms. The van der Waals surface area contributed by atoms with Gasteiger partial charge in [0.25, 0.3) is 0 Å². The van der Waals surface area contributed by atoms with Crippen LogP contribution in [0.5, 0.6) is 5.75 Å². The first-order chi connectivity index (χ1) is 13.1. The first kappa shape index (κ1) is 21.8. The largest absolute Gasteiger partial charge is 0.490 e. The minimum atomic E-state index is -1.06. The molecule has 4 heteroatoms. The Labute approximate surface area is 162 Å². The van der Waals surface area contributed by atoms with Crippen LogP contribution in [0, 0.1) is 23.5 Å². The summed E-state index contributed by atoms with van der Waals surface area (Å²) in [7, 11) is 0. The molecular weight excluding hydrogens is 346 g/mol. The predicted molar refractivity (Wildman–Crippen MR) is 105 cm³/mol. The smallest absolute Gasteiger partial charge is 0.201 e. The summed E-state index contributed by atoms with van der Waals surface area (Å²) in [4.78, 5) is 12.7. The minimum Gasteiger partial charge on any atom is -0.490 e. The number of benzene rings is 1. The molecule has 0 bridgehead atoms. The van der Waals surface area contributed by atoms with Crippen LogP contribution >= 0.6 is 0 Å². The van der Waals surface area contributed by atoms with Gasteiger partial charge in [0.15, 0.2) is 17.3 Å². The van der Waals surface area contributed by atoms with Gasteiger partial charge < -0.3 is 4.74 Å². The average molecular weight is 381 g/mol. The van der Waals surface area contributed by atoms with E-state index in [-0.39, 0.29) is 23.0 Å². The van der Waals surface area contributed by atoms with E-state index in [4.69, 9.17) is 4.74 Å². The Balaban J connectivity index is 1.92. The SMILES string of the molecule is CCCCCOc1ccc(C(=O)C2CCC(CCCCC)CC2)c(F)c1F. The number of halogens is 2. The van der Waals surface area contributed by atoms with Crippen molar-refractivity contribution in [1.82, 2.24) is 0 Å². The molecule has 152 valence electrons. The molecular formula is C23H34F2O2. The van der Waals surface area contributed by atoms with E-state index in [1.807, 2.05) is 0 Å². The van der Waals surface area contributed by atoms with Gasteiger partial charge in [-0.25, -0.2) is 4.39 Å². The summed E-state index contributed by atoms with van der Waals surface area (Å²) in [6, 6.07) is 2.79. The molecule has 1 aliphatic rings. The lowest BCUT2D eigenvalue weighted by Gasteiger charge is -2.27. The van der Waals surface area contributed by atoms with Crippen LogP contribution < -0.4 is 4.74 Å². The Morgan fingerprint density at radius 1 is 0.963 bits per heavy atom. The molecule has 1 aromatic carbocycles. The fraction of sp³-hybridized carbons (Fsp3) is 0.696. The lowest BCUT2D eigenvalue weighted by Crippen LogP contribution is -2.23. The van der Waals surface area contributed by atoms with Crippen molar-refractivity contribution in [1.29, 1.82) is 0 Å². The van der Waals surface area contributed by atoms with E-state index < -0.39 is 11.6 Å². The number of carbonyl (C=O) groups excluding carboxylic acids is 1. The molecule has 1 fully saturated rings. The second-order valence-corrected chi connectivity index (χ2v) is 7.87. The number of rotatable bonds is 11. The van der Waals surface area contributed by atoms with Gasteiger partial charge in [-0.15, -0.1) is 0 Å². The van der Waals surface area contributed by atoms with Gasteiger partial charge in [-0.3, -0.25) is 4.79 Å². The van der Waals surface area contributed by atoms with Crippen LogP contribution in [0.4, 0.5) is 8.78 Å². The van der Waals surface area contributed by atoms with Crippen LogP contribution in [0.1, 0.15) is 94.8 Å². The van der Waals surface area contributed by atoms with Crippen molar-refractivity contribution in [2.45, 2.75) is 84.5 Å². The molecule has 1 saturated carbocycles. The normalized spacial score (nSPS) is 19.9. The summed E-state index contributed by atoms with van der Waals surface area (Å²) in [5.41, 5.74) is -0.122. The predicted octanol–water partition coefficient (Wildman–Crippen LogP) is 7.10. The van der Waals surface area contributed by atoms with Crippen LogP contribution in [-0.2, 0) is 0 Å². The van der Waals surface area contributed by atoms with E-state index in [2.05, 4.69) is 13.8 Å². The summed E-state index contributed by atoms with van der Waals surface area (Å²) in [5.74, 6) is -1.95. The molecule has 0 radical (unpaired) electrons. The Bertz CT molecular complexity index is 592. The van der Waals surface area contributed by atoms with Crippen LogP contribution in [-0.4, -0.2) is 12.4 Å². The average Bonchev–Trinajstić information content (AvgIpc) is 2.69. The Morgan fingerprint density at radius 3 is 2.30 bits per heavy atom. The van der Waals surface area contributed by atoms with Gasteiger partial charge in [-0.2, -0.15) is 4.39 Å². The summed E-state index contributed by atoms with van der Waals surface area (Å²) in [5, 5.41) is 0. The third-order valence-corrected chi connectivity index (χ3v) is 5.75. The highest BCUT2D eigenvalue weighted by molar-refractivity contribution is 5.98. The number of hydrogen-bond donors (Lipinski definition) is 0. The summed E-state index contributed by atoms with van der Waals surface area (Å²) >= 11 is 0. The van der Waals surface area contributed by atoms with E-state index >= 15 is 0 Å². The van der Waals surface area contributed by atoms with Gasteiger partial charge in [0.2, 0.25) is 5.82 Å². The van der Waals surface area contributed by atoms with E-state index in [9.17, 15) is 13.6 Å². The maximum atomic E-state index is 14.4. The van der Waals surface area contributed by atoms with Crippen LogP contribution in [0.3, 0.4) is 0 Å². The molecule has 0 unspecified atom stereocenters. The Hall–Kier alpha value is -1.45.